The van der Waals surface area contributed by atoms with Crippen LogP contribution in [-0.4, -0.2) is 39.4 Å². The maximum atomic E-state index is 13.0. The molecule has 3 aromatic rings. The Morgan fingerprint density at radius 1 is 1.12 bits per heavy atom. The fraction of sp³-hybridized carbons (Fsp3) is 0.269. The van der Waals surface area contributed by atoms with Gasteiger partial charge in [0.25, 0.3) is 5.91 Å². The maximum Gasteiger partial charge on any atom is 0.252 e. The van der Waals surface area contributed by atoms with Crippen molar-refractivity contribution in [2.75, 3.05) is 13.1 Å². The molecule has 0 bridgehead atoms. The monoisotopic (exact) mass is 430 g/mol. The normalized spacial score (nSPS) is 11.7. The second-order valence-electron chi connectivity index (χ2n) is 7.93. The summed E-state index contributed by atoms with van der Waals surface area (Å²) in [5.74, 6) is 0.400. The molecule has 1 heterocycles. The van der Waals surface area contributed by atoms with Crippen LogP contribution in [0.4, 0.5) is 0 Å². The molecule has 1 N–H and O–H groups in total. The molecule has 3 rings (SSSR count). The number of hydrogen-bond acceptors (Lipinski definition) is 3. The molecule has 0 spiro atoms. The van der Waals surface area contributed by atoms with Crippen LogP contribution in [0.3, 0.4) is 0 Å². The second kappa shape index (κ2) is 10.1. The number of carbonyl (C=O) groups is 2. The van der Waals surface area contributed by atoms with Gasteiger partial charge < -0.3 is 14.8 Å². The Balaban J connectivity index is 1.92. The number of imidazole rings is 1. The van der Waals surface area contributed by atoms with E-state index >= 15 is 0 Å². The standard InChI is InChI=1S/C26H30N4O2/c1-6-14-29(15-7-2)24(31)17-30-23-11-9-8-10-22(23)28-25(30)20(5)27-26(32)21-13-12-18(3)16-19(21)4/h6-13,16,20H,1-2,14-15,17H2,3-5H3,(H,27,32). The molecule has 0 aliphatic heterocycles. The number of para-hydroxylation sites is 2. The molecule has 0 saturated carbocycles. The van der Waals surface area contributed by atoms with Gasteiger partial charge in [-0.2, -0.15) is 0 Å². The number of amides is 2. The molecule has 32 heavy (non-hydrogen) atoms. The molecule has 6 nitrogen and oxygen atoms in total. The first-order valence-corrected chi connectivity index (χ1v) is 10.7. The van der Waals surface area contributed by atoms with Gasteiger partial charge in [0, 0.05) is 18.7 Å². The minimum Gasteiger partial charge on any atom is -0.342 e. The average Bonchev–Trinajstić information content (AvgIpc) is 3.12. The van der Waals surface area contributed by atoms with Gasteiger partial charge in [-0.05, 0) is 44.5 Å². The molecule has 0 fully saturated rings. The average molecular weight is 431 g/mol. The zero-order valence-electron chi connectivity index (χ0n) is 19.0. The van der Waals surface area contributed by atoms with Crippen molar-refractivity contribution in [1.82, 2.24) is 19.8 Å². The quantitative estimate of drug-likeness (QED) is 0.514. The third-order valence-electron chi connectivity index (χ3n) is 5.39. The van der Waals surface area contributed by atoms with Crippen LogP contribution < -0.4 is 5.32 Å². The van der Waals surface area contributed by atoms with Crippen molar-refractivity contribution in [3.63, 3.8) is 0 Å². The Bertz CT molecular complexity index is 1150. The zero-order valence-corrected chi connectivity index (χ0v) is 19.0. The summed E-state index contributed by atoms with van der Waals surface area (Å²) < 4.78 is 1.88. The van der Waals surface area contributed by atoms with Crippen LogP contribution in [0, 0.1) is 13.8 Å². The Morgan fingerprint density at radius 3 is 2.47 bits per heavy atom. The van der Waals surface area contributed by atoms with E-state index in [0.29, 0.717) is 24.5 Å². The lowest BCUT2D eigenvalue weighted by molar-refractivity contribution is -0.130. The van der Waals surface area contributed by atoms with Crippen LogP contribution in [0.25, 0.3) is 11.0 Å². The number of carbonyl (C=O) groups excluding carboxylic acids is 2. The van der Waals surface area contributed by atoms with Crippen molar-refractivity contribution >= 4 is 22.8 Å². The Hall–Kier alpha value is -3.67. The molecule has 1 atom stereocenters. The molecule has 0 aliphatic carbocycles. The van der Waals surface area contributed by atoms with E-state index in [1.807, 2.05) is 67.8 Å². The molecule has 1 unspecified atom stereocenters. The van der Waals surface area contributed by atoms with Crippen LogP contribution in [0.1, 0.15) is 40.3 Å². The number of nitrogens with one attached hydrogen (secondary N) is 1. The van der Waals surface area contributed by atoms with Gasteiger partial charge in [-0.1, -0.05) is 42.0 Å². The van der Waals surface area contributed by atoms with Gasteiger partial charge in [-0.25, -0.2) is 4.98 Å². The van der Waals surface area contributed by atoms with E-state index in [1.54, 1.807) is 17.1 Å². The lowest BCUT2D eigenvalue weighted by atomic mass is 10.0. The lowest BCUT2D eigenvalue weighted by Gasteiger charge is -2.22. The number of nitrogens with zero attached hydrogens (tertiary/aromatic N) is 3. The minimum absolute atomic E-state index is 0.0675. The molecular formula is C26H30N4O2. The van der Waals surface area contributed by atoms with Crippen molar-refractivity contribution < 1.29 is 9.59 Å². The SMILES string of the molecule is C=CCN(CC=C)C(=O)Cn1c(C(C)NC(=O)c2ccc(C)cc2C)nc2ccccc21. The van der Waals surface area contributed by atoms with E-state index in [9.17, 15) is 9.59 Å². The first-order chi connectivity index (χ1) is 15.3. The first-order valence-electron chi connectivity index (χ1n) is 10.7. The molecule has 2 amide bonds. The molecule has 166 valence electrons. The third kappa shape index (κ3) is 4.97. The fourth-order valence-electron chi connectivity index (χ4n) is 3.82. The molecule has 0 saturated heterocycles. The van der Waals surface area contributed by atoms with Gasteiger partial charge in [-0.3, -0.25) is 9.59 Å². The number of aryl methyl sites for hydroxylation is 2. The van der Waals surface area contributed by atoms with Crippen molar-refractivity contribution in [2.24, 2.45) is 0 Å². The van der Waals surface area contributed by atoms with Crippen molar-refractivity contribution in [3.8, 4) is 0 Å². The van der Waals surface area contributed by atoms with Crippen molar-refractivity contribution in [1.29, 1.82) is 0 Å². The van der Waals surface area contributed by atoms with Crippen LogP contribution in [0.2, 0.25) is 0 Å². The van der Waals surface area contributed by atoms with Crippen molar-refractivity contribution in [2.45, 2.75) is 33.4 Å². The number of rotatable bonds is 9. The third-order valence-corrected chi connectivity index (χ3v) is 5.39. The predicted molar refractivity (Wildman–Crippen MR) is 129 cm³/mol. The molecule has 6 heteroatoms. The van der Waals surface area contributed by atoms with E-state index in [1.165, 1.54) is 0 Å². The number of fused-ring (bicyclic) bond motifs is 1. The topological polar surface area (TPSA) is 67.2 Å². The minimum atomic E-state index is -0.393. The Morgan fingerprint density at radius 2 is 1.81 bits per heavy atom. The van der Waals surface area contributed by atoms with Gasteiger partial charge in [0.2, 0.25) is 5.91 Å². The van der Waals surface area contributed by atoms with E-state index in [-0.39, 0.29) is 18.4 Å². The smallest absolute Gasteiger partial charge is 0.252 e. The molecular weight excluding hydrogens is 400 g/mol. The van der Waals surface area contributed by atoms with Gasteiger partial charge in [-0.15, -0.1) is 13.2 Å². The van der Waals surface area contributed by atoms with Gasteiger partial charge >= 0.3 is 0 Å². The van der Waals surface area contributed by atoms with Gasteiger partial charge in [0.05, 0.1) is 17.1 Å². The Labute approximate surface area is 189 Å². The fourth-order valence-corrected chi connectivity index (χ4v) is 3.82. The second-order valence-corrected chi connectivity index (χ2v) is 7.93. The summed E-state index contributed by atoms with van der Waals surface area (Å²) in [6.07, 6.45) is 3.39. The highest BCUT2D eigenvalue weighted by Gasteiger charge is 2.22. The summed E-state index contributed by atoms with van der Waals surface area (Å²) in [5.41, 5.74) is 4.28. The highest BCUT2D eigenvalue weighted by Crippen LogP contribution is 2.22. The molecule has 0 radical (unpaired) electrons. The summed E-state index contributed by atoms with van der Waals surface area (Å²) >= 11 is 0. The van der Waals surface area contributed by atoms with Crippen molar-refractivity contribution in [3.05, 3.63) is 90.3 Å². The van der Waals surface area contributed by atoms with Gasteiger partial charge in [0.15, 0.2) is 0 Å². The zero-order chi connectivity index (χ0) is 23.3. The van der Waals surface area contributed by atoms with Crippen LogP contribution in [-0.2, 0) is 11.3 Å². The van der Waals surface area contributed by atoms with Crippen LogP contribution in [0.15, 0.2) is 67.8 Å². The van der Waals surface area contributed by atoms with E-state index < -0.39 is 6.04 Å². The maximum absolute atomic E-state index is 13.0. The van der Waals surface area contributed by atoms with Crippen LogP contribution in [0.5, 0.6) is 0 Å². The summed E-state index contributed by atoms with van der Waals surface area (Å²) in [7, 11) is 0. The predicted octanol–water partition coefficient (Wildman–Crippen LogP) is 4.34. The number of hydrogen-bond donors (Lipinski definition) is 1. The number of aromatic nitrogens is 2. The molecule has 2 aromatic carbocycles. The molecule has 0 aliphatic rings. The van der Waals surface area contributed by atoms with E-state index in [0.717, 1.165) is 22.2 Å². The highest BCUT2D eigenvalue weighted by atomic mass is 16.2. The largest absolute Gasteiger partial charge is 0.342 e. The van der Waals surface area contributed by atoms with Gasteiger partial charge in [0.1, 0.15) is 12.4 Å². The van der Waals surface area contributed by atoms with Crippen LogP contribution >= 0.6 is 0 Å². The highest BCUT2D eigenvalue weighted by molar-refractivity contribution is 5.96. The van der Waals surface area contributed by atoms with E-state index in [2.05, 4.69) is 18.5 Å². The number of benzene rings is 2. The van der Waals surface area contributed by atoms with E-state index in [4.69, 9.17) is 4.98 Å². The summed E-state index contributed by atoms with van der Waals surface area (Å²) in [6.45, 7) is 14.3. The lowest BCUT2D eigenvalue weighted by Crippen LogP contribution is -2.35. The summed E-state index contributed by atoms with van der Waals surface area (Å²) in [6, 6.07) is 13.0. The first kappa shape index (κ1) is 23.0. The summed E-state index contributed by atoms with van der Waals surface area (Å²) in [5, 5.41) is 3.05. The summed E-state index contributed by atoms with van der Waals surface area (Å²) in [4.78, 5) is 32.4. The molecule has 1 aromatic heterocycles. The Kier molecular flexibility index (Phi) is 7.25.